The topological polar surface area (TPSA) is 111 Å². The van der Waals surface area contributed by atoms with Crippen LogP contribution in [0.4, 0.5) is 0 Å². The Morgan fingerprint density at radius 3 is 1.35 bits per heavy atom. The second kappa shape index (κ2) is 45.1. The highest BCUT2D eigenvalue weighted by Gasteiger charge is 2.21. The van der Waals surface area contributed by atoms with Crippen molar-refractivity contribution in [1.29, 1.82) is 0 Å². The molecule has 2 unspecified atom stereocenters. The van der Waals surface area contributed by atoms with Crippen LogP contribution >= 0.6 is 7.82 Å². The van der Waals surface area contributed by atoms with Crippen molar-refractivity contribution in [3.8, 4) is 0 Å². The molecular weight excluding hydrogens is 810 g/mol. The summed E-state index contributed by atoms with van der Waals surface area (Å²) >= 11 is 0. The van der Waals surface area contributed by atoms with Gasteiger partial charge in [-0.1, -0.05) is 210 Å². The van der Waals surface area contributed by atoms with Crippen LogP contribution in [0.15, 0.2) is 48.6 Å². The van der Waals surface area contributed by atoms with Gasteiger partial charge in [-0.25, -0.2) is 0 Å². The number of quaternary nitrogens is 1. The molecule has 0 bridgehead atoms. The number of likely N-dealkylation sites (N-methyl/N-ethyl adjacent to an activating group) is 1. The highest BCUT2D eigenvalue weighted by atomic mass is 31.2. The SMILES string of the molecule is CC/C=C\C/C=C\C/C=C\C/C=C\CCCCCCCCCCCCC(=O)OC(COC(=O)CCCCCCCCCCCCCCCCCC)COP(=O)([O-])OCC[N+](C)(C)C. The van der Waals surface area contributed by atoms with E-state index in [4.69, 9.17) is 18.5 Å². The molecule has 0 saturated heterocycles. The van der Waals surface area contributed by atoms with Crippen LogP contribution < -0.4 is 4.89 Å². The Bertz CT molecular complexity index is 1210. The van der Waals surface area contributed by atoms with E-state index in [2.05, 4.69) is 62.5 Å². The fraction of sp³-hybridized carbons (Fsp3) is 0.811. The Morgan fingerprint density at radius 1 is 0.508 bits per heavy atom. The monoisotopic (exact) mass is 908 g/mol. The molecule has 2 atom stereocenters. The minimum atomic E-state index is -4.63. The molecule has 0 aliphatic heterocycles. The third-order valence-corrected chi connectivity index (χ3v) is 12.1. The molecule has 0 aromatic carbocycles. The van der Waals surface area contributed by atoms with E-state index in [1.54, 1.807) is 0 Å². The predicted octanol–water partition coefficient (Wildman–Crippen LogP) is 14.8. The molecule has 0 aliphatic rings. The summed E-state index contributed by atoms with van der Waals surface area (Å²) < 4.78 is 34.1. The molecule has 0 aliphatic carbocycles. The Kier molecular flexibility index (Phi) is 43.7. The Morgan fingerprint density at radius 2 is 0.905 bits per heavy atom. The molecule has 10 heteroatoms. The molecule has 0 aromatic rings. The van der Waals surface area contributed by atoms with Gasteiger partial charge in [0.2, 0.25) is 0 Å². The van der Waals surface area contributed by atoms with Gasteiger partial charge < -0.3 is 27.9 Å². The third kappa shape index (κ3) is 49.2. The van der Waals surface area contributed by atoms with Gasteiger partial charge in [0.15, 0.2) is 6.10 Å². The van der Waals surface area contributed by atoms with E-state index in [-0.39, 0.29) is 32.0 Å². The summed E-state index contributed by atoms with van der Waals surface area (Å²) in [4.78, 5) is 37.7. The molecule has 0 aromatic heterocycles. The number of rotatable bonds is 47. The molecule has 0 rings (SSSR count). The highest BCUT2D eigenvalue weighted by molar-refractivity contribution is 7.45. The molecule has 0 saturated carbocycles. The van der Waals surface area contributed by atoms with E-state index < -0.39 is 26.5 Å². The largest absolute Gasteiger partial charge is 0.756 e. The first-order valence-electron chi connectivity index (χ1n) is 25.8. The van der Waals surface area contributed by atoms with Crippen molar-refractivity contribution in [2.24, 2.45) is 0 Å². The van der Waals surface area contributed by atoms with E-state index in [0.717, 1.165) is 70.6 Å². The summed E-state index contributed by atoms with van der Waals surface area (Å²) in [5.41, 5.74) is 0. The lowest BCUT2D eigenvalue weighted by molar-refractivity contribution is -0.870. The highest BCUT2D eigenvalue weighted by Crippen LogP contribution is 2.38. The maximum atomic E-state index is 12.7. The number of nitrogens with zero attached hydrogens (tertiary/aromatic N) is 1. The van der Waals surface area contributed by atoms with E-state index in [9.17, 15) is 19.0 Å². The van der Waals surface area contributed by atoms with Crippen LogP contribution in [0.25, 0.3) is 0 Å². The third-order valence-electron chi connectivity index (χ3n) is 11.1. The number of phosphoric acid groups is 1. The van der Waals surface area contributed by atoms with Crippen LogP contribution in [-0.4, -0.2) is 70.0 Å². The van der Waals surface area contributed by atoms with Gasteiger partial charge in [0.05, 0.1) is 27.7 Å². The summed E-state index contributed by atoms with van der Waals surface area (Å²) in [5, 5.41) is 0. The van der Waals surface area contributed by atoms with Crippen molar-refractivity contribution in [3.05, 3.63) is 48.6 Å². The summed E-state index contributed by atoms with van der Waals surface area (Å²) in [6, 6.07) is 0. The van der Waals surface area contributed by atoms with Crippen molar-refractivity contribution in [3.63, 3.8) is 0 Å². The average Bonchev–Trinajstić information content (AvgIpc) is 3.24. The van der Waals surface area contributed by atoms with Crippen molar-refractivity contribution < 1.29 is 42.1 Å². The second-order valence-electron chi connectivity index (χ2n) is 18.5. The molecule has 0 spiro atoms. The van der Waals surface area contributed by atoms with Crippen molar-refractivity contribution in [2.45, 2.75) is 232 Å². The Labute approximate surface area is 388 Å². The van der Waals surface area contributed by atoms with Gasteiger partial charge in [0.25, 0.3) is 7.82 Å². The molecule has 0 radical (unpaired) electrons. The van der Waals surface area contributed by atoms with Crippen LogP contribution in [0.3, 0.4) is 0 Å². The maximum Gasteiger partial charge on any atom is 0.306 e. The number of hydrogen-bond acceptors (Lipinski definition) is 8. The second-order valence-corrected chi connectivity index (χ2v) is 19.9. The van der Waals surface area contributed by atoms with E-state index in [0.29, 0.717) is 17.4 Å². The molecule has 9 nitrogen and oxygen atoms in total. The van der Waals surface area contributed by atoms with Crippen LogP contribution in [0.1, 0.15) is 226 Å². The lowest BCUT2D eigenvalue weighted by Gasteiger charge is -2.28. The van der Waals surface area contributed by atoms with Crippen molar-refractivity contribution in [2.75, 3.05) is 47.5 Å². The predicted molar refractivity (Wildman–Crippen MR) is 264 cm³/mol. The molecule has 63 heavy (non-hydrogen) atoms. The zero-order chi connectivity index (χ0) is 46.4. The number of ether oxygens (including phenoxy) is 2. The van der Waals surface area contributed by atoms with Gasteiger partial charge in [-0.05, 0) is 51.4 Å². The molecular formula is C53H98NO8P. The molecule has 0 N–H and O–H groups in total. The van der Waals surface area contributed by atoms with Crippen LogP contribution in [0.5, 0.6) is 0 Å². The fourth-order valence-electron chi connectivity index (χ4n) is 7.12. The zero-order valence-corrected chi connectivity index (χ0v) is 42.4. The minimum Gasteiger partial charge on any atom is -0.756 e. The zero-order valence-electron chi connectivity index (χ0n) is 41.5. The number of carbonyl (C=O) groups excluding carboxylic acids is 2. The quantitative estimate of drug-likeness (QED) is 0.0195. The number of hydrogen-bond donors (Lipinski definition) is 0. The standard InChI is InChI=1S/C53H98NO8P/c1-6-8-10-12-14-16-18-20-22-24-25-26-27-28-29-30-32-34-36-38-40-42-44-46-53(56)62-51(50-61-63(57,58)60-48-47-54(3,4)5)49-59-52(55)45-43-41-39-37-35-33-31-23-21-19-17-15-13-11-9-7-2/h8,10,14,16,20,22,25-26,51H,6-7,9,11-13,15,17-19,21,23-24,27-50H2,1-5H3/b10-8-,16-14-,22-20-,26-25-. The molecule has 0 fully saturated rings. The minimum absolute atomic E-state index is 0.0315. The lowest BCUT2D eigenvalue weighted by atomic mass is 10.0. The average molecular weight is 908 g/mol. The summed E-state index contributed by atoms with van der Waals surface area (Å²) in [6.07, 6.45) is 54.2. The summed E-state index contributed by atoms with van der Waals surface area (Å²) in [5.74, 6) is -0.831. The van der Waals surface area contributed by atoms with E-state index in [1.807, 2.05) is 21.1 Å². The van der Waals surface area contributed by atoms with Crippen molar-refractivity contribution in [1.82, 2.24) is 0 Å². The lowest BCUT2D eigenvalue weighted by Crippen LogP contribution is -2.37. The number of carbonyl (C=O) groups is 2. The summed E-state index contributed by atoms with van der Waals surface area (Å²) in [7, 11) is 1.17. The van der Waals surface area contributed by atoms with Crippen LogP contribution in [-0.2, 0) is 32.7 Å². The Hall–Kier alpha value is -2.03. The summed E-state index contributed by atoms with van der Waals surface area (Å²) in [6.45, 7) is 4.14. The molecule has 0 amide bonds. The smallest absolute Gasteiger partial charge is 0.306 e. The first-order valence-corrected chi connectivity index (χ1v) is 27.3. The van der Waals surface area contributed by atoms with Crippen LogP contribution in [0, 0.1) is 0 Å². The number of esters is 2. The number of phosphoric ester groups is 1. The number of unbranched alkanes of at least 4 members (excludes halogenated alkanes) is 25. The maximum absolute atomic E-state index is 12.7. The fourth-order valence-corrected chi connectivity index (χ4v) is 7.85. The van der Waals surface area contributed by atoms with Gasteiger partial charge >= 0.3 is 11.9 Å². The first-order chi connectivity index (χ1) is 30.5. The van der Waals surface area contributed by atoms with Gasteiger partial charge in [-0.15, -0.1) is 0 Å². The Balaban J connectivity index is 4.23. The van der Waals surface area contributed by atoms with Crippen LogP contribution in [0.2, 0.25) is 0 Å². The normalized spacial score (nSPS) is 13.8. The van der Waals surface area contributed by atoms with Gasteiger partial charge in [0.1, 0.15) is 19.8 Å². The van der Waals surface area contributed by atoms with E-state index in [1.165, 1.54) is 122 Å². The van der Waals surface area contributed by atoms with Gasteiger partial charge in [-0.2, -0.15) is 0 Å². The van der Waals surface area contributed by atoms with Gasteiger partial charge in [-0.3, -0.25) is 14.2 Å². The molecule has 0 heterocycles. The molecule has 368 valence electrons. The van der Waals surface area contributed by atoms with Crippen molar-refractivity contribution >= 4 is 19.8 Å². The van der Waals surface area contributed by atoms with Gasteiger partial charge in [0, 0.05) is 12.8 Å². The van der Waals surface area contributed by atoms with E-state index >= 15 is 0 Å². The number of allylic oxidation sites excluding steroid dienone is 8. The first kappa shape index (κ1) is 61.0.